The molecular formula is C88H155ClO22Si4. The van der Waals surface area contributed by atoms with E-state index in [0.717, 1.165) is 23.7 Å². The van der Waals surface area contributed by atoms with Crippen LogP contribution in [0.5, 0.6) is 0 Å². The Morgan fingerprint density at radius 1 is 0.661 bits per heavy atom. The van der Waals surface area contributed by atoms with Gasteiger partial charge in [0.25, 0.3) is 0 Å². The molecule has 6 heterocycles. The Morgan fingerprint density at radius 3 is 1.78 bits per heavy atom. The average Bonchev–Trinajstić information content (AvgIpc) is 0.754. The van der Waals surface area contributed by atoms with E-state index < -0.39 is 177 Å². The van der Waals surface area contributed by atoms with Gasteiger partial charge < -0.3 is 85.5 Å². The number of hydrogen-bond acceptors (Lipinski definition) is 21. The number of esters is 2. The van der Waals surface area contributed by atoms with Crippen molar-refractivity contribution < 1.29 is 105 Å². The van der Waals surface area contributed by atoms with Crippen molar-refractivity contribution in [1.82, 2.24) is 0 Å². The highest BCUT2D eigenvalue weighted by atomic mass is 35.5. The second-order valence-corrected chi connectivity index (χ2v) is 59.3. The number of Topliss-reactive ketones (excluding diaryl/α,β-unsaturated/α-hetero) is 1. The van der Waals surface area contributed by atoms with E-state index in [1.165, 1.54) is 21.0 Å². The number of carboxylic acids is 1. The lowest BCUT2D eigenvalue weighted by atomic mass is 9.78. The third kappa shape index (κ3) is 26.9. The van der Waals surface area contributed by atoms with Crippen molar-refractivity contribution in [2.24, 2.45) is 23.7 Å². The number of halogens is 1. The van der Waals surface area contributed by atoms with Gasteiger partial charge in [-0.15, -0.1) is 0 Å². The highest BCUT2D eigenvalue weighted by molar-refractivity contribution is 6.75. The third-order valence-electron chi connectivity index (χ3n) is 27.5. The number of unbranched alkanes of at least 4 members (excludes halogenated alkanes) is 1. The zero-order valence-corrected chi connectivity index (χ0v) is 80.4. The lowest BCUT2D eigenvalue weighted by Crippen LogP contribution is -2.66. The molecule has 6 aliphatic heterocycles. The molecule has 2 spiro atoms. The molecule has 662 valence electrons. The van der Waals surface area contributed by atoms with Gasteiger partial charge in [0.05, 0.1) is 91.2 Å². The number of methoxy groups -OCH3 is 2. The minimum atomic E-state index is -2.46. The van der Waals surface area contributed by atoms with Crippen molar-refractivity contribution in [1.29, 1.82) is 0 Å². The molecule has 0 bridgehead atoms. The van der Waals surface area contributed by atoms with Crippen molar-refractivity contribution in [3.63, 3.8) is 0 Å². The fraction of sp³-hybridized carbons (Fsp3) is 0.841. The second kappa shape index (κ2) is 40.8. The maximum Gasteiger partial charge on any atom is 0.305 e. The number of carbonyl (C=O) groups excluding carboxylic acids is 3. The van der Waals surface area contributed by atoms with Crippen LogP contribution in [-0.4, -0.2) is 212 Å². The molecule has 4 N–H and O–H groups in total. The van der Waals surface area contributed by atoms with Gasteiger partial charge in [0.15, 0.2) is 50.6 Å². The molecule has 0 aromatic carbocycles. The smallest absolute Gasteiger partial charge is 0.305 e. The van der Waals surface area contributed by atoms with Crippen LogP contribution in [0.15, 0.2) is 60.2 Å². The molecular weight excluding hydrogens is 1560 g/mol. The Morgan fingerprint density at radius 2 is 1.23 bits per heavy atom. The number of aliphatic carboxylic acids is 1. The van der Waals surface area contributed by atoms with E-state index in [9.17, 15) is 34.8 Å². The summed E-state index contributed by atoms with van der Waals surface area (Å²) in [6.07, 6.45) is 1.32. The number of carbonyl (C=O) groups is 4. The number of hydrogen-bond donors (Lipinski definition) is 4. The summed E-state index contributed by atoms with van der Waals surface area (Å²) < 4.78 is 95.6. The SMILES string of the molecule is C=C(Cl)/C=C/[C@H](CC(=C)C[C@H]1O[C@@H]([C@H](O)[C@@]2(OC)C[C@H](O[Si](C)(C)C(C)(C)C)[C@@H](C)[C@@H](CCC/C=C\[C@H]3C[C@H](O[Si](C)(C)C(C)(C)C)C[C@@]4(C[C@@H](OC)C[C@@H](CC(=O)[C@@H](C)[C@@H](OC(C)=O)[C@H](C)C(=C)C[C@H]5C[C@](C)(O[Si](CC)(CC)CC)C[C@@]6(C[C@@H](OC(C)=O)C[C@H](CC(=O)O)O6)O5)O4)O3)O2)[C@H](C)[C@@H](O)[C@@H]1O)O[Si](C)(C)C(C)(C)C. The van der Waals surface area contributed by atoms with Crippen LogP contribution >= 0.6 is 11.6 Å². The van der Waals surface area contributed by atoms with E-state index in [2.05, 4.69) is 168 Å². The topological polar surface area (TPSA) is 278 Å². The Balaban J connectivity index is 1.23. The van der Waals surface area contributed by atoms with E-state index in [1.54, 1.807) is 27.0 Å². The molecule has 6 rings (SSSR count). The van der Waals surface area contributed by atoms with Gasteiger partial charge in [-0.1, -0.05) is 171 Å². The summed E-state index contributed by atoms with van der Waals surface area (Å²) >= 11 is 6.22. The number of ketones is 1. The minimum Gasteiger partial charge on any atom is -0.481 e. The highest BCUT2D eigenvalue weighted by Crippen LogP contribution is 2.53. The summed E-state index contributed by atoms with van der Waals surface area (Å²) in [5, 5.41) is 46.6. The van der Waals surface area contributed by atoms with Crippen LogP contribution in [0.1, 0.15) is 241 Å². The normalized spacial score (nSPS) is 33.7. The summed E-state index contributed by atoms with van der Waals surface area (Å²) in [5.41, 5.74) is 0.604. The molecule has 115 heavy (non-hydrogen) atoms. The molecule has 22 nitrogen and oxygen atoms in total. The summed E-state index contributed by atoms with van der Waals surface area (Å²) in [6.45, 7) is 64.8. The number of allylic oxidation sites excluding steroid dienone is 3. The Hall–Kier alpha value is -2.66. The van der Waals surface area contributed by atoms with Crippen molar-refractivity contribution in [2.75, 3.05) is 14.2 Å². The van der Waals surface area contributed by atoms with E-state index >= 15 is 4.79 Å². The molecule has 6 fully saturated rings. The largest absolute Gasteiger partial charge is 0.481 e. The molecule has 27 heteroatoms. The average molecular weight is 1710 g/mol. The van der Waals surface area contributed by atoms with Crippen molar-refractivity contribution in [3.8, 4) is 0 Å². The molecule has 0 aromatic heterocycles. The molecule has 6 saturated heterocycles. The fourth-order valence-electron chi connectivity index (χ4n) is 17.5. The van der Waals surface area contributed by atoms with Crippen LogP contribution in [0.25, 0.3) is 0 Å². The van der Waals surface area contributed by atoms with Crippen LogP contribution in [-0.2, 0) is 84.3 Å². The lowest BCUT2D eigenvalue weighted by Gasteiger charge is -2.55. The van der Waals surface area contributed by atoms with Crippen LogP contribution in [0, 0.1) is 23.7 Å². The quantitative estimate of drug-likeness (QED) is 0.0147. The van der Waals surface area contributed by atoms with E-state index in [4.69, 9.17) is 76.7 Å². The van der Waals surface area contributed by atoms with Gasteiger partial charge in [-0.05, 0) is 124 Å². The molecule has 0 saturated carbocycles. The molecule has 0 radical (unpaired) electrons. The van der Waals surface area contributed by atoms with Crippen LogP contribution in [0.2, 0.25) is 72.5 Å². The second-order valence-electron chi connectivity index (χ2n) is 39.9. The van der Waals surface area contributed by atoms with Gasteiger partial charge in [0, 0.05) is 115 Å². The molecule has 0 aliphatic carbocycles. The first-order chi connectivity index (χ1) is 52.9. The number of aliphatic hydroxyl groups excluding tert-OH is 3. The lowest BCUT2D eigenvalue weighted by molar-refractivity contribution is -0.357. The summed E-state index contributed by atoms with van der Waals surface area (Å²) in [5.74, 6) is -8.75. The van der Waals surface area contributed by atoms with Crippen molar-refractivity contribution >= 4 is 68.6 Å². The van der Waals surface area contributed by atoms with Crippen LogP contribution in [0.3, 0.4) is 0 Å². The molecule has 6 aliphatic rings. The standard InChI is InChI=1S/C88H155ClO22Si4/c1-31-115(32-2,33-3)111-85(22)49-70(106-87(54-85)51-69(100-62(11)90)46-67(105-87)48-76(93)94)43-56(5)58(7)79(101-63(12)91)59(8)72(92)47-66-45-68(98-23)50-86(104-66)52-71(109-113(27,28)83(16,17)18)44-64(103-86)37-35-34-36-38-73-60(9)75(110-114(29,30)84(19,20)21)53-88(99-24,107-73)81(97)80-61(10)77(95)78(96)74(102-80)42-55(4)41-65(40-39-57(6)89)108-112(25,26)82(13,14)15/h35,37,39-40,58-61,64-71,73-75,77-81,95-97H,4-6,31-34,36,38,41-54H2,1-3,7-30H3,(H,93,94)/b37-35-,40-39+/t58-,59-,60+,61-,64+,65-,66+,67-,68+,69+,70+,71+,73-,74-,75+,77-,78-,79+,80-,81+,85+,86+,87-,88-/m1/s1. The van der Waals surface area contributed by atoms with Gasteiger partial charge in [-0.2, -0.15) is 0 Å². The van der Waals surface area contributed by atoms with Gasteiger partial charge in [0.1, 0.15) is 30.2 Å². The number of carboxylic acid groups (broad SMARTS) is 1. The van der Waals surface area contributed by atoms with Crippen LogP contribution in [0.4, 0.5) is 0 Å². The molecule has 0 aromatic rings. The number of aliphatic hydroxyl groups is 3. The van der Waals surface area contributed by atoms with Gasteiger partial charge in [0.2, 0.25) is 0 Å². The van der Waals surface area contributed by atoms with Gasteiger partial charge in [-0.3, -0.25) is 19.2 Å². The number of ether oxygens (including phenoxy) is 10. The van der Waals surface area contributed by atoms with E-state index in [1.807, 2.05) is 13.0 Å². The van der Waals surface area contributed by atoms with Gasteiger partial charge in [-0.25, -0.2) is 0 Å². The van der Waals surface area contributed by atoms with Gasteiger partial charge >= 0.3 is 17.9 Å². The van der Waals surface area contributed by atoms with Crippen molar-refractivity contribution in [3.05, 3.63) is 60.2 Å². The van der Waals surface area contributed by atoms with E-state index in [0.29, 0.717) is 68.4 Å². The molecule has 24 atom stereocenters. The zero-order chi connectivity index (χ0) is 87.0. The fourth-order valence-corrected chi connectivity index (χ4v) is 24.8. The maximum absolute atomic E-state index is 15.2. The highest BCUT2D eigenvalue weighted by Gasteiger charge is 2.60. The predicted octanol–water partition coefficient (Wildman–Crippen LogP) is 18.2. The third-order valence-corrected chi connectivity index (χ3v) is 45.9. The Bertz CT molecular complexity index is 3270. The first-order valence-corrected chi connectivity index (χ1v) is 54.6. The van der Waals surface area contributed by atoms with Crippen LogP contribution < -0.4 is 0 Å². The summed E-state index contributed by atoms with van der Waals surface area (Å²) in [6, 6.07) is 2.65. The Labute approximate surface area is 701 Å². The minimum absolute atomic E-state index is 0.0306. The Kier molecular flexibility index (Phi) is 35.9. The summed E-state index contributed by atoms with van der Waals surface area (Å²) in [4.78, 5) is 53.1. The monoisotopic (exact) mass is 1710 g/mol. The molecule has 0 amide bonds. The number of rotatable bonds is 38. The van der Waals surface area contributed by atoms with E-state index in [-0.39, 0.29) is 90.4 Å². The van der Waals surface area contributed by atoms with Crippen molar-refractivity contribution in [2.45, 2.75) is 434 Å². The first kappa shape index (κ1) is 101. The molecule has 0 unspecified atom stereocenters. The predicted molar refractivity (Wildman–Crippen MR) is 460 cm³/mol. The maximum atomic E-state index is 15.2. The summed E-state index contributed by atoms with van der Waals surface area (Å²) in [7, 11) is -6.22. The zero-order valence-electron chi connectivity index (χ0n) is 75.6. The first-order valence-electron chi connectivity index (χ1n) is 42.9.